The first-order valence-corrected chi connectivity index (χ1v) is 5.54. The molecule has 1 aliphatic heterocycles. The van der Waals surface area contributed by atoms with Gasteiger partial charge in [0.25, 0.3) is 0 Å². The normalized spacial score (nSPS) is 20.9. The van der Waals surface area contributed by atoms with Gasteiger partial charge in [0.15, 0.2) is 5.58 Å². The Kier molecular flexibility index (Phi) is 2.00. The summed E-state index contributed by atoms with van der Waals surface area (Å²) in [6.45, 7) is 0. The van der Waals surface area contributed by atoms with Gasteiger partial charge in [-0.1, -0.05) is 6.08 Å². The van der Waals surface area contributed by atoms with Crippen molar-refractivity contribution in [3.05, 3.63) is 30.4 Å². The van der Waals surface area contributed by atoms with Crippen molar-refractivity contribution < 1.29 is 4.42 Å². The Morgan fingerprint density at radius 3 is 3.20 bits per heavy atom. The van der Waals surface area contributed by atoms with Gasteiger partial charge in [-0.3, -0.25) is 4.98 Å². The first-order valence-electron chi connectivity index (χ1n) is 4.66. The van der Waals surface area contributed by atoms with Gasteiger partial charge in [-0.05, 0) is 6.42 Å². The first kappa shape index (κ1) is 8.94. The van der Waals surface area contributed by atoms with Crippen LogP contribution in [-0.4, -0.2) is 15.3 Å². The van der Waals surface area contributed by atoms with E-state index >= 15 is 0 Å². The average Bonchev–Trinajstić information content (AvgIpc) is 2.82. The minimum Gasteiger partial charge on any atom is -0.435 e. The van der Waals surface area contributed by atoms with Gasteiger partial charge < -0.3 is 10.2 Å². The maximum Gasteiger partial charge on any atom is 0.233 e. The second kappa shape index (κ2) is 3.36. The lowest BCUT2D eigenvalue weighted by atomic mass is 10.4. The van der Waals surface area contributed by atoms with Crippen LogP contribution in [0.5, 0.6) is 0 Å². The highest BCUT2D eigenvalue weighted by atomic mass is 32.2. The van der Waals surface area contributed by atoms with E-state index in [1.54, 1.807) is 24.2 Å². The van der Waals surface area contributed by atoms with Gasteiger partial charge in [-0.15, -0.1) is 11.8 Å². The number of nitrogens with two attached hydrogens (primary N) is 1. The Bertz CT molecular complexity index is 501. The van der Waals surface area contributed by atoms with Crippen molar-refractivity contribution in [3.8, 4) is 0 Å². The van der Waals surface area contributed by atoms with Crippen LogP contribution in [0.2, 0.25) is 0 Å². The molecule has 0 aliphatic carbocycles. The molecule has 1 atom stereocenters. The highest BCUT2D eigenvalue weighted by molar-refractivity contribution is 8.09. The second-order valence-corrected chi connectivity index (χ2v) is 4.60. The molecule has 1 unspecified atom stereocenters. The van der Waals surface area contributed by atoms with Crippen LogP contribution < -0.4 is 5.73 Å². The molecule has 0 saturated carbocycles. The van der Waals surface area contributed by atoms with Gasteiger partial charge in [0.2, 0.25) is 5.89 Å². The van der Waals surface area contributed by atoms with E-state index < -0.39 is 0 Å². The zero-order chi connectivity index (χ0) is 10.3. The summed E-state index contributed by atoms with van der Waals surface area (Å²) in [4.78, 5) is 9.38. The zero-order valence-corrected chi connectivity index (χ0v) is 8.70. The predicted octanol–water partition coefficient (Wildman–Crippen LogP) is 1.99. The maximum absolute atomic E-state index is 5.79. The summed E-state index contributed by atoms with van der Waals surface area (Å²) in [6, 6.07) is 1.81. The predicted molar refractivity (Wildman–Crippen MR) is 60.0 cm³/mol. The van der Waals surface area contributed by atoms with Gasteiger partial charge in [-0.25, -0.2) is 4.98 Å². The van der Waals surface area contributed by atoms with Crippen molar-refractivity contribution in [2.24, 2.45) is 5.73 Å². The standard InChI is InChI=1S/C10H9N3OS/c11-9-2-1-8(15-9)10-13-6-5-12-4-3-7(6)14-10/h1,3-5,9H,2,11H2. The van der Waals surface area contributed by atoms with Gasteiger partial charge in [0.05, 0.1) is 16.5 Å². The number of nitrogens with zero attached hydrogens (tertiary/aromatic N) is 2. The average molecular weight is 219 g/mol. The number of fused-ring (bicyclic) bond motifs is 1. The van der Waals surface area contributed by atoms with Crippen LogP contribution in [0.3, 0.4) is 0 Å². The van der Waals surface area contributed by atoms with Gasteiger partial charge in [0.1, 0.15) is 5.52 Å². The molecular weight excluding hydrogens is 210 g/mol. The van der Waals surface area contributed by atoms with Crippen molar-refractivity contribution in [2.75, 3.05) is 0 Å². The van der Waals surface area contributed by atoms with E-state index in [1.165, 1.54) is 0 Å². The Morgan fingerprint density at radius 1 is 1.53 bits per heavy atom. The zero-order valence-electron chi connectivity index (χ0n) is 7.88. The number of pyridine rings is 1. The number of hydrogen-bond acceptors (Lipinski definition) is 5. The molecule has 2 aromatic rings. The number of oxazole rings is 1. The third-order valence-electron chi connectivity index (χ3n) is 2.21. The summed E-state index contributed by atoms with van der Waals surface area (Å²) in [5, 5.41) is 0.133. The van der Waals surface area contributed by atoms with E-state index in [1.807, 2.05) is 6.07 Å². The molecule has 76 valence electrons. The molecule has 4 nitrogen and oxygen atoms in total. The lowest BCUT2D eigenvalue weighted by molar-refractivity contribution is 0.588. The van der Waals surface area contributed by atoms with Crippen LogP contribution in [0.25, 0.3) is 16.0 Å². The minimum atomic E-state index is 0.133. The summed E-state index contributed by atoms with van der Waals surface area (Å²) >= 11 is 1.60. The molecule has 15 heavy (non-hydrogen) atoms. The summed E-state index contributed by atoms with van der Waals surface area (Å²) in [5.41, 5.74) is 7.34. The molecule has 1 aliphatic rings. The summed E-state index contributed by atoms with van der Waals surface area (Å²) in [6.07, 6.45) is 6.33. The summed E-state index contributed by atoms with van der Waals surface area (Å²) in [7, 11) is 0. The number of thioether (sulfide) groups is 1. The fourth-order valence-electron chi connectivity index (χ4n) is 1.51. The molecule has 0 spiro atoms. The van der Waals surface area contributed by atoms with Gasteiger partial charge >= 0.3 is 0 Å². The second-order valence-electron chi connectivity index (χ2n) is 3.32. The topological polar surface area (TPSA) is 64.9 Å². The Labute approximate surface area is 90.6 Å². The van der Waals surface area contributed by atoms with Gasteiger partial charge in [-0.2, -0.15) is 0 Å². The molecule has 0 fully saturated rings. The van der Waals surface area contributed by atoms with E-state index in [9.17, 15) is 0 Å². The molecule has 0 aromatic carbocycles. The molecule has 2 aromatic heterocycles. The SMILES string of the molecule is NC1CC=C(c2nc3cnccc3o2)S1. The van der Waals surface area contributed by atoms with Crippen molar-refractivity contribution in [1.29, 1.82) is 0 Å². The lowest BCUT2D eigenvalue weighted by Gasteiger charge is -1.98. The monoisotopic (exact) mass is 219 g/mol. The molecule has 5 heteroatoms. The number of aromatic nitrogens is 2. The summed E-state index contributed by atoms with van der Waals surface area (Å²) in [5.74, 6) is 0.649. The molecule has 2 N–H and O–H groups in total. The van der Waals surface area contributed by atoms with E-state index in [0.29, 0.717) is 5.89 Å². The van der Waals surface area contributed by atoms with Crippen LogP contribution in [0.1, 0.15) is 12.3 Å². The third-order valence-corrected chi connectivity index (χ3v) is 3.30. The van der Waals surface area contributed by atoms with Crippen LogP contribution >= 0.6 is 11.8 Å². The highest BCUT2D eigenvalue weighted by Crippen LogP contribution is 2.37. The maximum atomic E-state index is 5.79. The largest absolute Gasteiger partial charge is 0.435 e. The summed E-state index contributed by atoms with van der Waals surface area (Å²) < 4.78 is 5.60. The van der Waals surface area contributed by atoms with Crippen LogP contribution in [-0.2, 0) is 0 Å². The van der Waals surface area contributed by atoms with Crippen molar-refractivity contribution in [3.63, 3.8) is 0 Å². The van der Waals surface area contributed by atoms with Crippen LogP contribution in [0.4, 0.5) is 0 Å². The van der Waals surface area contributed by atoms with Crippen molar-refractivity contribution in [2.45, 2.75) is 11.8 Å². The van der Waals surface area contributed by atoms with Crippen LogP contribution in [0, 0.1) is 0 Å². The van der Waals surface area contributed by atoms with E-state index in [4.69, 9.17) is 10.2 Å². The van der Waals surface area contributed by atoms with Crippen LogP contribution in [0.15, 0.2) is 29.0 Å². The molecular formula is C10H9N3OS. The number of hydrogen-bond donors (Lipinski definition) is 1. The van der Waals surface area contributed by atoms with E-state index in [2.05, 4.69) is 16.0 Å². The van der Waals surface area contributed by atoms with Crippen molar-refractivity contribution in [1.82, 2.24) is 9.97 Å². The lowest BCUT2D eigenvalue weighted by Crippen LogP contribution is -2.09. The minimum absolute atomic E-state index is 0.133. The third kappa shape index (κ3) is 1.53. The quantitative estimate of drug-likeness (QED) is 0.794. The Morgan fingerprint density at radius 2 is 2.47 bits per heavy atom. The first-order chi connectivity index (χ1) is 7.33. The van der Waals surface area contributed by atoms with E-state index in [-0.39, 0.29) is 5.37 Å². The molecule has 0 bridgehead atoms. The molecule has 0 amide bonds. The highest BCUT2D eigenvalue weighted by Gasteiger charge is 2.19. The molecule has 0 saturated heterocycles. The number of rotatable bonds is 1. The van der Waals surface area contributed by atoms with Crippen molar-refractivity contribution >= 4 is 27.8 Å². The molecule has 3 heterocycles. The molecule has 3 rings (SSSR count). The van der Waals surface area contributed by atoms with Gasteiger partial charge in [0, 0.05) is 12.3 Å². The molecule has 0 radical (unpaired) electrons. The fourth-order valence-corrected chi connectivity index (χ4v) is 2.40. The Hall–Kier alpha value is -1.33. The fraction of sp³-hybridized carbons (Fsp3) is 0.200. The van der Waals surface area contributed by atoms with E-state index in [0.717, 1.165) is 22.4 Å². The smallest absolute Gasteiger partial charge is 0.233 e. The Balaban J connectivity index is 2.05.